The second kappa shape index (κ2) is 7.93. The van der Waals surface area contributed by atoms with Gasteiger partial charge >= 0.3 is 0 Å². The fourth-order valence-electron chi connectivity index (χ4n) is 3.12. The lowest BCUT2D eigenvalue weighted by molar-refractivity contribution is 0.404. The van der Waals surface area contributed by atoms with Gasteiger partial charge in [-0.05, 0) is 42.2 Å². The Morgan fingerprint density at radius 3 is 2.52 bits per heavy atom. The summed E-state index contributed by atoms with van der Waals surface area (Å²) in [4.78, 5) is 4.46. The molecule has 0 saturated heterocycles. The van der Waals surface area contributed by atoms with Crippen LogP contribution in [0.1, 0.15) is 16.7 Å². The van der Waals surface area contributed by atoms with Crippen LogP contribution in [0, 0.1) is 5.82 Å². The van der Waals surface area contributed by atoms with Crippen LogP contribution in [0.15, 0.2) is 42.7 Å². The lowest BCUT2D eigenvalue weighted by Crippen LogP contribution is -2.52. The zero-order chi connectivity index (χ0) is 19.7. The van der Waals surface area contributed by atoms with Crippen molar-refractivity contribution in [3.8, 4) is 0 Å². The lowest BCUT2D eigenvalue weighted by atomic mass is 9.99. The van der Waals surface area contributed by atoms with Crippen molar-refractivity contribution in [3.63, 3.8) is 0 Å². The third-order valence-electron chi connectivity index (χ3n) is 4.66. The first-order valence-electron chi connectivity index (χ1n) is 8.79. The molecule has 0 fully saturated rings. The summed E-state index contributed by atoms with van der Waals surface area (Å²) in [7, 11) is -0.714. The van der Waals surface area contributed by atoms with E-state index >= 15 is 0 Å². The molecule has 1 aromatic heterocycles. The van der Waals surface area contributed by atoms with Gasteiger partial charge in [-0.2, -0.15) is 10.4 Å². The van der Waals surface area contributed by atoms with Gasteiger partial charge in [0, 0.05) is 18.5 Å². The average molecular weight is 408 g/mol. The highest BCUT2D eigenvalue weighted by Crippen LogP contribution is 2.43. The van der Waals surface area contributed by atoms with Crippen LogP contribution in [-0.4, -0.2) is 42.3 Å². The summed E-state index contributed by atoms with van der Waals surface area (Å²) in [5.74, 6) is 8.02. The highest BCUT2D eigenvalue weighted by Gasteiger charge is 2.40. The monoisotopic (exact) mass is 407 g/mol. The van der Waals surface area contributed by atoms with E-state index in [-0.39, 0.29) is 10.4 Å². The molecule has 3 N–H and O–H groups in total. The molecule has 4 nitrogen and oxygen atoms in total. The molecule has 146 valence electrons. The number of halogens is 1. The number of aromatic nitrogens is 1. The van der Waals surface area contributed by atoms with Gasteiger partial charge < -0.3 is 0 Å². The van der Waals surface area contributed by atoms with Gasteiger partial charge in [0.15, 0.2) is 0 Å². The van der Waals surface area contributed by atoms with Crippen LogP contribution in [0.3, 0.4) is 0 Å². The van der Waals surface area contributed by atoms with Gasteiger partial charge in [0.1, 0.15) is 24.1 Å². The molecule has 3 rings (SSSR count). The number of fused-ring (bicyclic) bond motifs is 1. The second-order valence-electron chi connectivity index (χ2n) is 7.71. The molecule has 7 heteroatoms. The molecule has 1 atom stereocenters. The Hall–Kier alpha value is -1.38. The maximum absolute atomic E-state index is 14.7. The molecule has 27 heavy (non-hydrogen) atoms. The molecule has 1 aliphatic rings. The smallest absolute Gasteiger partial charge is 0.260 e. The van der Waals surface area contributed by atoms with Gasteiger partial charge in [0.2, 0.25) is 0 Å². The average Bonchev–Trinajstić information content (AvgIpc) is 2.93. The molecule has 0 radical (unpaired) electrons. The first kappa shape index (κ1) is 20.4. The number of nitrogens with two attached hydrogens (primary N) is 1. The minimum Gasteiger partial charge on any atom is -0.260 e. The first-order chi connectivity index (χ1) is 12.7. The van der Waals surface area contributed by atoms with Crippen molar-refractivity contribution in [2.75, 3.05) is 37.3 Å². The molecule has 1 aliphatic heterocycles. The number of nitrogens with zero attached hydrogens (tertiary/aromatic N) is 2. The van der Waals surface area contributed by atoms with E-state index < -0.39 is 10.0 Å². The Balaban J connectivity index is 1.98. The van der Waals surface area contributed by atoms with Crippen molar-refractivity contribution in [3.05, 3.63) is 65.2 Å². The van der Waals surface area contributed by atoms with Crippen molar-refractivity contribution in [1.82, 2.24) is 14.3 Å². The Labute approximate surface area is 167 Å². The second-order valence-corrected chi connectivity index (χ2v) is 13.0. The summed E-state index contributed by atoms with van der Waals surface area (Å²) in [5, 5.41) is 0. The summed E-state index contributed by atoms with van der Waals surface area (Å²) >= 11 is 1.59. The molecule has 0 aliphatic carbocycles. The molecule has 2 heterocycles. The van der Waals surface area contributed by atoms with E-state index in [1.807, 2.05) is 24.6 Å². The van der Waals surface area contributed by atoms with Crippen LogP contribution >= 0.6 is 22.0 Å². The number of rotatable bonds is 7. The molecule has 1 aromatic carbocycles. The van der Waals surface area contributed by atoms with E-state index in [0.29, 0.717) is 17.9 Å². The normalized spacial score (nSPS) is 19.7. The Morgan fingerprint density at radius 2 is 1.89 bits per heavy atom. The van der Waals surface area contributed by atoms with Gasteiger partial charge in [0.05, 0.1) is 5.57 Å². The van der Waals surface area contributed by atoms with E-state index in [1.54, 1.807) is 11.9 Å². The van der Waals surface area contributed by atoms with Crippen LogP contribution in [0.5, 0.6) is 0 Å². The van der Waals surface area contributed by atoms with Crippen molar-refractivity contribution in [2.24, 2.45) is 5.84 Å². The number of pyridine rings is 1. The minimum absolute atomic E-state index is 0.0580. The summed E-state index contributed by atoms with van der Waals surface area (Å²) in [6.07, 6.45) is 12.3. The Bertz CT molecular complexity index is 846. The summed E-state index contributed by atoms with van der Waals surface area (Å²) in [6.45, 7) is 1.50. The zero-order valence-corrected chi connectivity index (χ0v) is 18.0. The Kier molecular flexibility index (Phi) is 5.98. The summed E-state index contributed by atoms with van der Waals surface area (Å²) < 4.78 is 18.0. The summed E-state index contributed by atoms with van der Waals surface area (Å²) in [5.41, 5.74) is 3.50. The number of hydrogen-bond donors (Lipinski definition) is 2. The first-order valence-corrected chi connectivity index (χ1v) is 13.0. The third kappa shape index (κ3) is 4.55. The SMILES string of the molecule is CSNCc1ccc(C2=C[N+](N)(CCS(C)(C)C)c3nccc(F)c32)cc1. The molecule has 0 saturated carbocycles. The van der Waals surface area contributed by atoms with Crippen LogP contribution < -0.4 is 15.2 Å². The van der Waals surface area contributed by atoms with Gasteiger partial charge in [-0.25, -0.2) is 19.4 Å². The maximum Gasteiger partial charge on any atom is 0.262 e. The van der Waals surface area contributed by atoms with Gasteiger partial charge in [0.25, 0.3) is 5.82 Å². The fourth-order valence-corrected chi connectivity index (χ4v) is 4.28. The predicted octanol–water partition coefficient (Wildman–Crippen LogP) is 3.87. The van der Waals surface area contributed by atoms with Gasteiger partial charge in [-0.15, -0.1) is 0 Å². The fraction of sp³-hybridized carbons (Fsp3) is 0.350. The topological polar surface area (TPSA) is 50.9 Å². The molecule has 2 aromatic rings. The van der Waals surface area contributed by atoms with E-state index in [4.69, 9.17) is 5.84 Å². The van der Waals surface area contributed by atoms with E-state index in [1.165, 1.54) is 17.8 Å². The summed E-state index contributed by atoms with van der Waals surface area (Å²) in [6, 6.07) is 9.61. The third-order valence-corrected chi connectivity index (χ3v) is 6.50. The van der Waals surface area contributed by atoms with Crippen molar-refractivity contribution < 1.29 is 4.39 Å². The quantitative estimate of drug-likeness (QED) is 0.416. The molecule has 0 spiro atoms. The van der Waals surface area contributed by atoms with E-state index in [9.17, 15) is 4.39 Å². The molecule has 1 unspecified atom stereocenters. The van der Waals surface area contributed by atoms with Crippen LogP contribution in [0.2, 0.25) is 0 Å². The van der Waals surface area contributed by atoms with Crippen LogP contribution in [0.4, 0.5) is 10.2 Å². The van der Waals surface area contributed by atoms with Crippen LogP contribution in [-0.2, 0) is 6.54 Å². The lowest BCUT2D eigenvalue weighted by Gasteiger charge is -2.31. The number of quaternary nitrogens is 1. The Morgan fingerprint density at radius 1 is 1.19 bits per heavy atom. The van der Waals surface area contributed by atoms with E-state index in [2.05, 4.69) is 40.6 Å². The number of benzene rings is 1. The molecule has 0 bridgehead atoms. The molecular weight excluding hydrogens is 379 g/mol. The van der Waals surface area contributed by atoms with Gasteiger partial charge in [-0.3, -0.25) is 4.72 Å². The van der Waals surface area contributed by atoms with Crippen molar-refractivity contribution >= 4 is 33.4 Å². The largest absolute Gasteiger partial charge is 0.262 e. The van der Waals surface area contributed by atoms with Crippen molar-refractivity contribution in [1.29, 1.82) is 0 Å². The number of hydrogen-bond acceptors (Lipinski definition) is 4. The zero-order valence-electron chi connectivity index (χ0n) is 16.3. The van der Waals surface area contributed by atoms with Crippen LogP contribution in [0.25, 0.3) is 5.57 Å². The minimum atomic E-state index is -0.714. The van der Waals surface area contributed by atoms with Gasteiger partial charge in [-0.1, -0.05) is 36.2 Å². The standard InChI is InChI=1S/C20H28FN4S2/c1-26-24-13-15-5-7-16(8-6-15)17-14-25(22,11-12-27(2,3)4)20-19(17)18(21)9-10-23-20/h5-10,14,24H,11-13,22H2,1-4H3/q+1. The predicted molar refractivity (Wildman–Crippen MR) is 119 cm³/mol. The number of nitrogens with one attached hydrogen (secondary N) is 1. The highest BCUT2D eigenvalue weighted by molar-refractivity contribution is 8.32. The maximum atomic E-state index is 14.7. The molecular formula is C20H28FN4S2+. The van der Waals surface area contributed by atoms with E-state index in [0.717, 1.165) is 23.4 Å². The molecule has 0 amide bonds. The highest BCUT2D eigenvalue weighted by atomic mass is 32.3. The van der Waals surface area contributed by atoms with Crippen molar-refractivity contribution in [2.45, 2.75) is 6.54 Å².